The van der Waals surface area contributed by atoms with Crippen LogP contribution in [0.2, 0.25) is 0 Å². The topological polar surface area (TPSA) is 55.1 Å². The highest BCUT2D eigenvalue weighted by atomic mass is 16.2. The van der Waals surface area contributed by atoms with Crippen molar-refractivity contribution >= 4 is 5.91 Å². The normalized spacial score (nSPS) is 39.8. The quantitative estimate of drug-likeness (QED) is 0.790. The van der Waals surface area contributed by atoms with E-state index in [2.05, 4.69) is 26.1 Å². The number of carbonyl (C=O) groups is 1. The van der Waals surface area contributed by atoms with Crippen molar-refractivity contribution in [2.24, 2.45) is 23.0 Å². The zero-order chi connectivity index (χ0) is 12.7. The average molecular weight is 238 g/mol. The van der Waals surface area contributed by atoms with Gasteiger partial charge in [0, 0.05) is 12.5 Å². The molecule has 3 heteroatoms. The van der Waals surface area contributed by atoms with Gasteiger partial charge in [-0.25, -0.2) is 0 Å². The second-order valence-corrected chi connectivity index (χ2v) is 6.92. The molecule has 17 heavy (non-hydrogen) atoms. The van der Waals surface area contributed by atoms with Crippen LogP contribution in [-0.4, -0.2) is 18.0 Å². The van der Waals surface area contributed by atoms with Crippen LogP contribution in [0, 0.1) is 17.3 Å². The lowest BCUT2D eigenvalue weighted by Crippen LogP contribution is -2.56. The molecule has 3 N–H and O–H groups in total. The second kappa shape index (κ2) is 4.27. The molecule has 0 aromatic carbocycles. The maximum absolute atomic E-state index is 12.2. The minimum absolute atomic E-state index is 0.118. The van der Waals surface area contributed by atoms with E-state index >= 15 is 0 Å². The molecule has 1 amide bonds. The summed E-state index contributed by atoms with van der Waals surface area (Å²) in [5, 5.41) is 3.27. The van der Waals surface area contributed by atoms with Gasteiger partial charge in [0.05, 0.1) is 5.54 Å². The van der Waals surface area contributed by atoms with E-state index in [1.54, 1.807) is 0 Å². The average Bonchev–Trinajstić information content (AvgIpc) is 2.88. The summed E-state index contributed by atoms with van der Waals surface area (Å²) >= 11 is 0. The van der Waals surface area contributed by atoms with Crippen LogP contribution in [-0.2, 0) is 4.79 Å². The molecule has 0 spiro atoms. The third-order valence-electron chi connectivity index (χ3n) is 4.70. The summed E-state index contributed by atoms with van der Waals surface area (Å²) in [6.07, 6.45) is 5.57. The number of hydrogen-bond acceptors (Lipinski definition) is 2. The maximum Gasteiger partial charge on any atom is 0.224 e. The molecule has 2 aliphatic rings. The lowest BCUT2D eigenvalue weighted by Gasteiger charge is -2.40. The molecule has 0 saturated heterocycles. The summed E-state index contributed by atoms with van der Waals surface area (Å²) in [6.45, 7) is 7.17. The van der Waals surface area contributed by atoms with Crippen molar-refractivity contribution in [2.75, 3.05) is 6.54 Å². The Hall–Kier alpha value is -0.570. The smallest absolute Gasteiger partial charge is 0.224 e. The molecule has 0 aromatic rings. The van der Waals surface area contributed by atoms with Gasteiger partial charge in [0.2, 0.25) is 5.91 Å². The van der Waals surface area contributed by atoms with Gasteiger partial charge >= 0.3 is 0 Å². The molecule has 2 fully saturated rings. The highest BCUT2D eigenvalue weighted by Gasteiger charge is 2.52. The highest BCUT2D eigenvalue weighted by Crippen LogP contribution is 2.52. The highest BCUT2D eigenvalue weighted by molar-refractivity contribution is 5.83. The summed E-state index contributed by atoms with van der Waals surface area (Å²) in [5.41, 5.74) is 6.01. The van der Waals surface area contributed by atoms with Crippen LogP contribution in [0.3, 0.4) is 0 Å². The van der Waals surface area contributed by atoms with Crippen LogP contribution in [0.5, 0.6) is 0 Å². The molecule has 3 atom stereocenters. The molecule has 3 unspecified atom stereocenters. The predicted molar refractivity (Wildman–Crippen MR) is 69.4 cm³/mol. The van der Waals surface area contributed by atoms with Crippen molar-refractivity contribution in [2.45, 2.75) is 58.4 Å². The lowest BCUT2D eigenvalue weighted by molar-refractivity contribution is -0.125. The minimum atomic E-state index is -0.118. The van der Waals surface area contributed by atoms with Crippen molar-refractivity contribution in [3.63, 3.8) is 0 Å². The molecule has 0 radical (unpaired) electrons. The van der Waals surface area contributed by atoms with Crippen molar-refractivity contribution in [3.8, 4) is 0 Å². The first-order valence-corrected chi connectivity index (χ1v) is 6.91. The van der Waals surface area contributed by atoms with Gasteiger partial charge in [-0.2, -0.15) is 0 Å². The maximum atomic E-state index is 12.2. The van der Waals surface area contributed by atoms with Gasteiger partial charge in [-0.3, -0.25) is 4.79 Å². The molecule has 0 bridgehead atoms. The molecule has 0 aromatic heterocycles. The predicted octanol–water partition coefficient (Wildman–Crippen LogP) is 2.06. The standard InChI is InChI=1S/C14H26N2O/c1-10-5-4-6-14(7-10,9-15)16-12(17)11-8-13(11,2)3/h10-11H,4-9,15H2,1-3H3,(H,16,17). The van der Waals surface area contributed by atoms with Crippen molar-refractivity contribution in [3.05, 3.63) is 0 Å². The van der Waals surface area contributed by atoms with Gasteiger partial charge in [0.15, 0.2) is 0 Å². The largest absolute Gasteiger partial charge is 0.349 e. The van der Waals surface area contributed by atoms with Crippen LogP contribution < -0.4 is 11.1 Å². The Morgan fingerprint density at radius 2 is 2.06 bits per heavy atom. The third-order valence-corrected chi connectivity index (χ3v) is 4.70. The minimum Gasteiger partial charge on any atom is -0.349 e. The fourth-order valence-electron chi connectivity index (χ4n) is 3.27. The Morgan fingerprint density at radius 1 is 1.41 bits per heavy atom. The first kappa shape index (κ1) is 12.9. The first-order valence-electron chi connectivity index (χ1n) is 6.91. The van der Waals surface area contributed by atoms with Crippen molar-refractivity contribution in [1.29, 1.82) is 0 Å². The van der Waals surface area contributed by atoms with E-state index in [1.807, 2.05) is 0 Å². The van der Waals surface area contributed by atoms with Gasteiger partial charge in [-0.1, -0.05) is 33.6 Å². The Bertz CT molecular complexity index is 313. The van der Waals surface area contributed by atoms with E-state index in [-0.39, 0.29) is 22.8 Å². The molecule has 3 nitrogen and oxygen atoms in total. The molecule has 2 rings (SSSR count). The van der Waals surface area contributed by atoms with Crippen LogP contribution in [0.25, 0.3) is 0 Å². The summed E-state index contributed by atoms with van der Waals surface area (Å²) < 4.78 is 0. The van der Waals surface area contributed by atoms with Gasteiger partial charge < -0.3 is 11.1 Å². The van der Waals surface area contributed by atoms with E-state index in [1.165, 1.54) is 12.8 Å². The molecule has 0 aliphatic heterocycles. The van der Waals surface area contributed by atoms with Crippen molar-refractivity contribution in [1.82, 2.24) is 5.32 Å². The zero-order valence-corrected chi connectivity index (χ0v) is 11.4. The second-order valence-electron chi connectivity index (χ2n) is 6.92. The Balaban J connectivity index is 1.97. The molecular weight excluding hydrogens is 212 g/mol. The number of amides is 1. The molecule has 0 heterocycles. The van der Waals surface area contributed by atoms with E-state index in [0.717, 1.165) is 19.3 Å². The summed E-state index contributed by atoms with van der Waals surface area (Å²) in [7, 11) is 0. The number of nitrogens with two attached hydrogens (primary N) is 1. The number of rotatable bonds is 3. The lowest BCUT2D eigenvalue weighted by atomic mass is 9.76. The summed E-state index contributed by atoms with van der Waals surface area (Å²) in [5.74, 6) is 1.12. The molecular formula is C14H26N2O. The van der Waals surface area contributed by atoms with Crippen LogP contribution in [0.4, 0.5) is 0 Å². The van der Waals surface area contributed by atoms with Crippen LogP contribution >= 0.6 is 0 Å². The van der Waals surface area contributed by atoms with Gasteiger partial charge in [-0.15, -0.1) is 0 Å². The monoisotopic (exact) mass is 238 g/mol. The number of hydrogen-bond donors (Lipinski definition) is 2. The molecule has 2 saturated carbocycles. The summed E-state index contributed by atoms with van der Waals surface area (Å²) in [6, 6.07) is 0. The van der Waals surface area contributed by atoms with Gasteiger partial charge in [0.25, 0.3) is 0 Å². The third kappa shape index (κ3) is 2.65. The molecule has 2 aliphatic carbocycles. The number of carbonyl (C=O) groups excluding carboxylic acids is 1. The fraction of sp³-hybridized carbons (Fsp3) is 0.929. The van der Waals surface area contributed by atoms with Gasteiger partial charge in [0.1, 0.15) is 0 Å². The van der Waals surface area contributed by atoms with E-state index < -0.39 is 0 Å². The summed E-state index contributed by atoms with van der Waals surface area (Å²) in [4.78, 5) is 12.2. The van der Waals surface area contributed by atoms with E-state index in [4.69, 9.17) is 5.73 Å². The Labute approximate surface area is 105 Å². The SMILES string of the molecule is CC1CCCC(CN)(NC(=O)C2CC2(C)C)C1. The van der Waals surface area contributed by atoms with Gasteiger partial charge in [-0.05, 0) is 30.6 Å². The van der Waals surface area contributed by atoms with Crippen LogP contribution in [0.1, 0.15) is 52.9 Å². The number of nitrogens with one attached hydrogen (secondary N) is 1. The molecule has 98 valence electrons. The Kier molecular flexibility index (Phi) is 3.23. The van der Waals surface area contributed by atoms with Crippen molar-refractivity contribution < 1.29 is 4.79 Å². The van der Waals surface area contributed by atoms with Crippen LogP contribution in [0.15, 0.2) is 0 Å². The zero-order valence-electron chi connectivity index (χ0n) is 11.4. The fourth-order valence-corrected chi connectivity index (χ4v) is 3.27. The van der Waals surface area contributed by atoms with E-state index in [9.17, 15) is 4.79 Å². The van der Waals surface area contributed by atoms with E-state index in [0.29, 0.717) is 12.5 Å². The Morgan fingerprint density at radius 3 is 2.53 bits per heavy atom. The first-order chi connectivity index (χ1) is 7.88.